The van der Waals surface area contributed by atoms with E-state index in [1.54, 1.807) is 0 Å². The zero-order valence-electron chi connectivity index (χ0n) is 28.0. The average Bonchev–Trinajstić information content (AvgIpc) is 3.03. The van der Waals surface area contributed by atoms with E-state index in [2.05, 4.69) is 27.7 Å². The van der Waals surface area contributed by atoms with Gasteiger partial charge in [0.15, 0.2) is 34.8 Å². The van der Waals surface area contributed by atoms with Crippen LogP contribution in [0.3, 0.4) is 0 Å². The van der Waals surface area contributed by atoms with Crippen molar-refractivity contribution in [3.05, 3.63) is 52.6 Å². The van der Waals surface area contributed by atoms with Crippen LogP contribution in [-0.4, -0.2) is 16.4 Å². The van der Waals surface area contributed by atoms with E-state index >= 15 is 22.0 Å². The number of benzene rings is 3. The maximum atomic E-state index is 16.2. The average molecular weight is 693 g/mol. The quantitative estimate of drug-likeness (QED) is 0.0322. The van der Waals surface area contributed by atoms with Crippen molar-refractivity contribution in [2.45, 2.75) is 135 Å². The third-order valence-electron chi connectivity index (χ3n) is 10.5. The van der Waals surface area contributed by atoms with Gasteiger partial charge in [0.2, 0.25) is 5.82 Å². The molecule has 0 heterocycles. The van der Waals surface area contributed by atoms with Crippen LogP contribution in [0.2, 0.25) is 41.8 Å². The van der Waals surface area contributed by atoms with Gasteiger partial charge in [-0.25, -0.2) is 30.7 Å². The predicted molar refractivity (Wildman–Crippen MR) is 177 cm³/mol. The Labute approximate surface area is 270 Å². The Morgan fingerprint density at radius 2 is 1.07 bits per heavy atom. The third-order valence-corrected chi connectivity index (χ3v) is 21.5. The molecule has 0 aliphatic carbocycles. The highest BCUT2D eigenvalue weighted by Gasteiger charge is 2.43. The maximum absolute atomic E-state index is 16.2. The number of fused-ring (bicyclic) bond motifs is 2. The molecule has 1 unspecified atom stereocenters. The van der Waals surface area contributed by atoms with Crippen LogP contribution in [0.25, 0.3) is 21.5 Å². The van der Waals surface area contributed by atoms with Crippen LogP contribution in [0.15, 0.2) is 6.07 Å². The molecule has 0 aromatic heterocycles. The van der Waals surface area contributed by atoms with E-state index in [9.17, 15) is 13.2 Å². The molecule has 3 rings (SSSR count). The van der Waals surface area contributed by atoms with Crippen molar-refractivity contribution >= 4 is 37.9 Å². The van der Waals surface area contributed by atoms with Crippen LogP contribution < -0.4 is 4.43 Å². The summed E-state index contributed by atoms with van der Waals surface area (Å²) in [6, 6.07) is 5.53. The second kappa shape index (κ2) is 16.3. The summed E-state index contributed by atoms with van der Waals surface area (Å²) in [5, 5.41) is -5.42. The summed E-state index contributed by atoms with van der Waals surface area (Å²) in [4.78, 5) is 0. The normalized spacial score (nSPS) is 13.7. The second-order valence-electron chi connectivity index (χ2n) is 13.2. The second-order valence-corrected chi connectivity index (χ2v) is 23.3. The largest absolute Gasteiger partial charge is 0.539 e. The molecule has 0 fully saturated rings. The van der Waals surface area contributed by atoms with Crippen LogP contribution in [0.1, 0.15) is 92.9 Å². The molecule has 0 aliphatic heterocycles. The first kappa shape index (κ1) is 38.3. The van der Waals surface area contributed by atoms with Crippen LogP contribution in [0.5, 0.6) is 5.75 Å². The van der Waals surface area contributed by atoms with Crippen molar-refractivity contribution in [2.75, 3.05) is 0 Å². The summed E-state index contributed by atoms with van der Waals surface area (Å²) in [6.07, 6.45) is 7.84. The smallest absolute Gasteiger partial charge is 0.254 e. The molecule has 0 amide bonds. The number of rotatable bonds is 18. The van der Waals surface area contributed by atoms with E-state index in [-0.39, 0.29) is 11.6 Å². The summed E-state index contributed by atoms with van der Waals surface area (Å²) in [5.74, 6) is -16.4. The van der Waals surface area contributed by atoms with Gasteiger partial charge in [-0.15, -0.1) is 0 Å². The lowest BCUT2D eigenvalue weighted by Gasteiger charge is -2.37. The van der Waals surface area contributed by atoms with Crippen molar-refractivity contribution in [2.24, 2.45) is 0 Å². The van der Waals surface area contributed by atoms with Crippen LogP contribution in [0.4, 0.5) is 35.1 Å². The fourth-order valence-corrected chi connectivity index (χ4v) is 14.8. The molecule has 3 aromatic rings. The number of hydrogen-bond donors (Lipinski definition) is 0. The van der Waals surface area contributed by atoms with E-state index in [0.29, 0.717) is 12.1 Å². The van der Waals surface area contributed by atoms with Crippen molar-refractivity contribution in [3.8, 4) is 5.75 Å². The minimum Gasteiger partial charge on any atom is -0.539 e. The number of hydrogen-bond acceptors (Lipinski definition) is 1. The molecule has 0 saturated carbocycles. The first-order valence-electron chi connectivity index (χ1n) is 16.9. The highest BCUT2D eigenvalue weighted by Crippen LogP contribution is 2.44. The predicted octanol–water partition coefficient (Wildman–Crippen LogP) is 13.5. The summed E-state index contributed by atoms with van der Waals surface area (Å²) in [5.41, 5.74) is -0.168. The molecule has 11 heteroatoms. The molecule has 0 saturated heterocycles. The molecule has 1 nitrogen and oxygen atoms in total. The van der Waals surface area contributed by atoms with Crippen LogP contribution in [0, 0.1) is 46.5 Å². The highest BCUT2D eigenvalue weighted by atomic mass is 28.4. The topological polar surface area (TPSA) is 9.23 Å². The van der Waals surface area contributed by atoms with Gasteiger partial charge in [-0.3, -0.25) is 0 Å². The molecule has 0 radical (unpaired) electrons. The Morgan fingerprint density at radius 3 is 1.63 bits per heavy atom. The first-order chi connectivity index (χ1) is 21.8. The van der Waals surface area contributed by atoms with Gasteiger partial charge in [-0.1, -0.05) is 117 Å². The van der Waals surface area contributed by atoms with E-state index in [0.717, 1.165) is 75.5 Å². The molecule has 46 heavy (non-hydrogen) atoms. The zero-order chi connectivity index (χ0) is 34.4. The molecule has 0 aliphatic rings. The minimum atomic E-state index is -3.14. The van der Waals surface area contributed by atoms with Gasteiger partial charge in [-0.2, -0.15) is 4.39 Å². The number of halogens is 8. The van der Waals surface area contributed by atoms with Gasteiger partial charge >= 0.3 is 0 Å². The monoisotopic (exact) mass is 692 g/mol. The van der Waals surface area contributed by atoms with Crippen molar-refractivity contribution in [1.29, 1.82) is 0 Å². The van der Waals surface area contributed by atoms with E-state index in [4.69, 9.17) is 4.43 Å². The zero-order valence-corrected chi connectivity index (χ0v) is 30.0. The Balaban J connectivity index is 2.15. The van der Waals surface area contributed by atoms with Crippen molar-refractivity contribution in [1.82, 2.24) is 0 Å². The lowest BCUT2D eigenvalue weighted by Crippen LogP contribution is -2.46. The first-order valence-corrected chi connectivity index (χ1v) is 22.1. The van der Waals surface area contributed by atoms with Crippen LogP contribution >= 0.6 is 0 Å². The third kappa shape index (κ3) is 7.60. The SMILES string of the molecule is CCCCCCCCC[Si](CCC[Si](CC)(CC)CC)(Oc1c(F)c(F)c2c(F)c3cc(F)c(F)c(F)c3c(F)c2c1F)C(C)C. The molecule has 1 atom stereocenters. The molecule has 0 spiro atoms. The molecule has 0 bridgehead atoms. The lowest BCUT2D eigenvalue weighted by molar-refractivity contribution is 0.407. The molecule has 0 N–H and O–H groups in total. The van der Waals surface area contributed by atoms with Crippen molar-refractivity contribution < 1.29 is 39.5 Å². The Kier molecular flexibility index (Phi) is 13.6. The molecule has 3 aromatic carbocycles. The van der Waals surface area contributed by atoms with Gasteiger partial charge in [0.25, 0.3) is 8.32 Å². The molecular weight excluding hydrogens is 645 g/mol. The summed E-state index contributed by atoms with van der Waals surface area (Å²) < 4.78 is 128. The maximum Gasteiger partial charge on any atom is 0.254 e. The van der Waals surface area contributed by atoms with E-state index in [1.807, 2.05) is 13.8 Å². The van der Waals surface area contributed by atoms with Gasteiger partial charge in [-0.05, 0) is 23.7 Å². The number of unbranched alkanes of at least 4 members (excludes halogenated alkanes) is 6. The Morgan fingerprint density at radius 1 is 0.543 bits per heavy atom. The van der Waals surface area contributed by atoms with Gasteiger partial charge in [0.1, 0.15) is 11.6 Å². The molecular formula is C35H48F8OSi2. The summed E-state index contributed by atoms with van der Waals surface area (Å²) in [7, 11) is -4.68. The van der Waals surface area contributed by atoms with E-state index in [1.165, 1.54) is 0 Å². The Hall–Kier alpha value is -2.15. The Bertz CT molecular complexity index is 1500. The highest BCUT2D eigenvalue weighted by molar-refractivity contribution is 6.80. The fraction of sp³-hybridized carbons (Fsp3) is 0.600. The van der Waals surface area contributed by atoms with E-state index < -0.39 is 90.2 Å². The van der Waals surface area contributed by atoms with Gasteiger partial charge < -0.3 is 4.43 Å². The van der Waals surface area contributed by atoms with Crippen LogP contribution in [-0.2, 0) is 0 Å². The van der Waals surface area contributed by atoms with Gasteiger partial charge in [0, 0.05) is 5.39 Å². The summed E-state index contributed by atoms with van der Waals surface area (Å²) in [6.45, 7) is 12.5. The van der Waals surface area contributed by atoms with Crippen molar-refractivity contribution in [3.63, 3.8) is 0 Å². The molecule has 258 valence electrons. The van der Waals surface area contributed by atoms with Gasteiger partial charge in [0.05, 0.1) is 24.2 Å². The summed E-state index contributed by atoms with van der Waals surface area (Å²) >= 11 is 0. The fourth-order valence-electron chi connectivity index (χ4n) is 6.93. The lowest BCUT2D eigenvalue weighted by atomic mass is 9.99. The minimum absolute atomic E-state index is 0.135. The standard InChI is InChI=1S/C35H48F8OSi2/c1-7-11-12-13-14-15-16-19-46(22(5)6,20-17-18-45(8-2,9-3)10-4)44-35-33(42)27-26(32(41)34(35)43)28(37)23-21-24(36)29(38)31(40)25(23)30(27)39/h21-22H,7-20H2,1-6H3.